The molecule has 0 saturated heterocycles. The lowest BCUT2D eigenvalue weighted by Gasteiger charge is -2.25. The molecule has 31 heavy (non-hydrogen) atoms. The zero-order valence-corrected chi connectivity index (χ0v) is 19.2. The van der Waals surface area contributed by atoms with Gasteiger partial charge in [0.1, 0.15) is 6.04 Å². The Bertz CT molecular complexity index is 1020. The lowest BCUT2D eigenvalue weighted by atomic mass is 10.0. The first kappa shape index (κ1) is 23.0. The van der Waals surface area contributed by atoms with E-state index in [4.69, 9.17) is 16.3 Å². The van der Waals surface area contributed by atoms with Crippen molar-refractivity contribution in [3.05, 3.63) is 63.1 Å². The minimum atomic E-state index is -1.12. The number of carbonyl (C=O) groups is 4. The summed E-state index contributed by atoms with van der Waals surface area (Å²) in [6.45, 7) is 3.16. The number of halogens is 2. The van der Waals surface area contributed by atoms with Gasteiger partial charge in [-0.05, 0) is 58.6 Å². The zero-order valence-electron chi connectivity index (χ0n) is 16.9. The van der Waals surface area contributed by atoms with Gasteiger partial charge in [0, 0.05) is 10.2 Å². The highest BCUT2D eigenvalue weighted by Crippen LogP contribution is 2.28. The van der Waals surface area contributed by atoms with Crippen LogP contribution in [0.5, 0.6) is 0 Å². The van der Waals surface area contributed by atoms with E-state index in [9.17, 15) is 19.2 Å². The van der Waals surface area contributed by atoms with Crippen LogP contribution in [-0.2, 0) is 14.3 Å². The van der Waals surface area contributed by atoms with Gasteiger partial charge in [-0.1, -0.05) is 37.6 Å². The van der Waals surface area contributed by atoms with E-state index in [0.29, 0.717) is 15.2 Å². The summed E-state index contributed by atoms with van der Waals surface area (Å²) < 4.78 is 5.84. The molecule has 0 spiro atoms. The number of rotatable bonds is 7. The van der Waals surface area contributed by atoms with Gasteiger partial charge in [0.25, 0.3) is 17.7 Å². The Hall–Kier alpha value is -2.71. The van der Waals surface area contributed by atoms with Gasteiger partial charge in [0.15, 0.2) is 6.61 Å². The van der Waals surface area contributed by atoms with Gasteiger partial charge in [0.05, 0.1) is 16.1 Å². The fourth-order valence-corrected chi connectivity index (χ4v) is 3.68. The number of ether oxygens (including phenoxy) is 1. The molecular weight excluding hydrogens is 488 g/mol. The predicted molar refractivity (Wildman–Crippen MR) is 119 cm³/mol. The Morgan fingerprint density at radius 2 is 1.71 bits per heavy atom. The number of nitrogens with one attached hydrogen (secondary N) is 1. The molecule has 3 amide bonds. The van der Waals surface area contributed by atoms with Crippen LogP contribution in [0.25, 0.3) is 0 Å². The molecule has 0 aliphatic carbocycles. The molecule has 9 heteroatoms. The highest BCUT2D eigenvalue weighted by Gasteiger charge is 2.43. The standard InChI is InChI=1S/C22H20BrClN2O5/c1-12(2)9-18(26-20(28)14-5-3-4-6-15(14)21(26)29)22(30)31-11-19(27)25-13-7-8-16(23)17(24)10-13/h3-8,10,12,18H,9,11H2,1-2H3,(H,25,27)/t18-/m1/s1. The molecule has 1 N–H and O–H groups in total. The maximum atomic E-state index is 12.8. The number of esters is 1. The summed E-state index contributed by atoms with van der Waals surface area (Å²) in [5.74, 6) is -2.47. The molecule has 7 nitrogen and oxygen atoms in total. The van der Waals surface area contributed by atoms with Crippen molar-refractivity contribution >= 4 is 56.9 Å². The summed E-state index contributed by atoms with van der Waals surface area (Å²) in [5.41, 5.74) is 0.936. The van der Waals surface area contributed by atoms with Gasteiger partial charge in [-0.25, -0.2) is 4.79 Å². The fourth-order valence-electron chi connectivity index (χ4n) is 3.25. The van der Waals surface area contributed by atoms with E-state index in [1.54, 1.807) is 42.5 Å². The second kappa shape index (κ2) is 9.62. The minimum Gasteiger partial charge on any atom is -0.454 e. The molecule has 0 saturated carbocycles. The summed E-state index contributed by atoms with van der Waals surface area (Å²) in [7, 11) is 0. The third-order valence-corrected chi connectivity index (χ3v) is 5.89. The fraction of sp³-hybridized carbons (Fsp3) is 0.273. The van der Waals surface area contributed by atoms with E-state index in [1.807, 2.05) is 13.8 Å². The summed E-state index contributed by atoms with van der Waals surface area (Å²) >= 11 is 9.26. The molecule has 1 heterocycles. The van der Waals surface area contributed by atoms with Crippen molar-refractivity contribution in [2.75, 3.05) is 11.9 Å². The molecule has 162 valence electrons. The molecule has 1 aliphatic heterocycles. The summed E-state index contributed by atoms with van der Waals surface area (Å²) in [6, 6.07) is 10.1. The number of carbonyl (C=O) groups excluding carboxylic acids is 4. The molecule has 0 fully saturated rings. The molecule has 1 atom stereocenters. The topological polar surface area (TPSA) is 92.8 Å². The van der Waals surface area contributed by atoms with E-state index in [1.165, 1.54) is 0 Å². The SMILES string of the molecule is CC(C)C[C@H](C(=O)OCC(=O)Nc1ccc(Br)c(Cl)c1)N1C(=O)c2ccccc2C1=O. The van der Waals surface area contributed by atoms with Gasteiger partial charge < -0.3 is 10.1 Å². The van der Waals surface area contributed by atoms with Crippen molar-refractivity contribution in [3.63, 3.8) is 0 Å². The van der Waals surface area contributed by atoms with Crippen LogP contribution in [0.1, 0.15) is 41.0 Å². The third-order valence-electron chi connectivity index (χ3n) is 4.65. The van der Waals surface area contributed by atoms with Crippen LogP contribution in [0.15, 0.2) is 46.9 Å². The van der Waals surface area contributed by atoms with Crippen molar-refractivity contribution in [2.24, 2.45) is 5.92 Å². The Balaban J connectivity index is 1.69. The Morgan fingerprint density at radius 1 is 1.10 bits per heavy atom. The Morgan fingerprint density at radius 3 is 2.26 bits per heavy atom. The van der Waals surface area contributed by atoms with E-state index in [2.05, 4.69) is 21.2 Å². The van der Waals surface area contributed by atoms with E-state index in [-0.39, 0.29) is 23.5 Å². The zero-order chi connectivity index (χ0) is 22.7. The third kappa shape index (κ3) is 5.14. The van der Waals surface area contributed by atoms with Crippen molar-refractivity contribution < 1.29 is 23.9 Å². The van der Waals surface area contributed by atoms with Gasteiger partial charge in [-0.15, -0.1) is 0 Å². The van der Waals surface area contributed by atoms with Crippen LogP contribution in [-0.4, -0.2) is 41.2 Å². The number of amides is 3. The van der Waals surface area contributed by atoms with Crippen molar-refractivity contribution in [2.45, 2.75) is 26.3 Å². The smallest absolute Gasteiger partial charge is 0.329 e. The van der Waals surface area contributed by atoms with E-state index < -0.39 is 36.3 Å². The number of hydrogen-bond acceptors (Lipinski definition) is 5. The molecule has 2 aromatic rings. The van der Waals surface area contributed by atoms with Crippen molar-refractivity contribution in [1.82, 2.24) is 4.90 Å². The quantitative estimate of drug-likeness (QED) is 0.446. The summed E-state index contributed by atoms with van der Waals surface area (Å²) in [4.78, 5) is 51.5. The minimum absolute atomic E-state index is 0.000552. The van der Waals surface area contributed by atoms with Crippen LogP contribution >= 0.6 is 27.5 Å². The van der Waals surface area contributed by atoms with Gasteiger partial charge in [0.2, 0.25) is 0 Å². The number of nitrogens with zero attached hydrogens (tertiary/aromatic N) is 1. The normalized spacial score (nSPS) is 13.9. The molecule has 3 rings (SSSR count). The van der Waals surface area contributed by atoms with Crippen molar-refractivity contribution in [1.29, 1.82) is 0 Å². The second-order valence-electron chi connectivity index (χ2n) is 7.46. The van der Waals surface area contributed by atoms with Gasteiger partial charge in [-0.2, -0.15) is 0 Å². The molecule has 1 aliphatic rings. The Labute approximate surface area is 192 Å². The number of fused-ring (bicyclic) bond motifs is 1. The highest BCUT2D eigenvalue weighted by molar-refractivity contribution is 9.10. The molecule has 2 aromatic carbocycles. The van der Waals surface area contributed by atoms with E-state index >= 15 is 0 Å². The molecule has 0 radical (unpaired) electrons. The van der Waals surface area contributed by atoms with Crippen LogP contribution in [0.2, 0.25) is 5.02 Å². The van der Waals surface area contributed by atoms with Crippen LogP contribution < -0.4 is 5.32 Å². The predicted octanol–water partition coefficient (Wildman–Crippen LogP) is 4.30. The average Bonchev–Trinajstić information content (AvgIpc) is 2.98. The summed E-state index contributed by atoms with van der Waals surface area (Å²) in [6.07, 6.45) is 0.217. The lowest BCUT2D eigenvalue weighted by molar-refractivity contribution is -0.151. The van der Waals surface area contributed by atoms with E-state index in [0.717, 1.165) is 4.90 Å². The molecule has 0 aromatic heterocycles. The monoisotopic (exact) mass is 506 g/mol. The number of imide groups is 1. The highest BCUT2D eigenvalue weighted by atomic mass is 79.9. The first-order valence-corrected chi connectivity index (χ1v) is 10.7. The maximum absolute atomic E-state index is 12.8. The first-order chi connectivity index (χ1) is 14.7. The summed E-state index contributed by atoms with van der Waals surface area (Å²) in [5, 5.41) is 2.99. The number of hydrogen-bond donors (Lipinski definition) is 1. The second-order valence-corrected chi connectivity index (χ2v) is 8.72. The molecule has 0 unspecified atom stereocenters. The number of benzene rings is 2. The maximum Gasteiger partial charge on any atom is 0.329 e. The Kier molecular flexibility index (Phi) is 7.12. The van der Waals surface area contributed by atoms with Gasteiger partial charge >= 0.3 is 5.97 Å². The largest absolute Gasteiger partial charge is 0.454 e. The van der Waals surface area contributed by atoms with Gasteiger partial charge in [-0.3, -0.25) is 19.3 Å². The molecular formula is C22H20BrClN2O5. The lowest BCUT2D eigenvalue weighted by Crippen LogP contribution is -2.46. The van der Waals surface area contributed by atoms with Crippen molar-refractivity contribution in [3.8, 4) is 0 Å². The average molecular weight is 508 g/mol. The molecule has 0 bridgehead atoms. The number of anilines is 1. The van der Waals surface area contributed by atoms with Crippen LogP contribution in [0.3, 0.4) is 0 Å². The first-order valence-electron chi connectivity index (χ1n) is 9.57. The van der Waals surface area contributed by atoms with Crippen LogP contribution in [0, 0.1) is 5.92 Å². The van der Waals surface area contributed by atoms with Crippen LogP contribution in [0.4, 0.5) is 5.69 Å².